The first-order chi connectivity index (χ1) is 7.68. The predicted octanol–water partition coefficient (Wildman–Crippen LogP) is 2.57. The summed E-state index contributed by atoms with van der Waals surface area (Å²) in [7, 11) is 0. The van der Waals surface area contributed by atoms with E-state index in [0.717, 1.165) is 18.2 Å². The van der Waals surface area contributed by atoms with Gasteiger partial charge in [0.2, 0.25) is 0 Å². The highest BCUT2D eigenvalue weighted by Crippen LogP contribution is 2.36. The van der Waals surface area contributed by atoms with Crippen molar-refractivity contribution < 1.29 is 0 Å². The quantitative estimate of drug-likeness (QED) is 0.825. The van der Waals surface area contributed by atoms with Crippen molar-refractivity contribution in [1.82, 2.24) is 4.57 Å². The summed E-state index contributed by atoms with van der Waals surface area (Å²) in [5.74, 6) is 0.530. The summed E-state index contributed by atoms with van der Waals surface area (Å²) in [6, 6.07) is 7.51. The number of anilines is 1. The third-order valence-corrected chi connectivity index (χ3v) is 3.29. The van der Waals surface area contributed by atoms with Gasteiger partial charge in [-0.05, 0) is 30.4 Å². The van der Waals surface area contributed by atoms with E-state index in [0.29, 0.717) is 16.2 Å². The van der Waals surface area contributed by atoms with Gasteiger partial charge in [0.25, 0.3) is 5.56 Å². The van der Waals surface area contributed by atoms with Crippen LogP contribution in [-0.2, 0) is 0 Å². The van der Waals surface area contributed by atoms with Gasteiger partial charge < -0.3 is 5.73 Å². The largest absolute Gasteiger partial charge is 0.385 e. The lowest BCUT2D eigenvalue weighted by atomic mass is 10.1. The summed E-state index contributed by atoms with van der Waals surface area (Å²) in [6.07, 6.45) is 2.06. The molecule has 1 aliphatic carbocycles. The number of pyridine rings is 1. The zero-order valence-electron chi connectivity index (χ0n) is 8.61. The fourth-order valence-electron chi connectivity index (χ4n) is 2.06. The molecule has 0 radical (unpaired) electrons. The van der Waals surface area contributed by atoms with Crippen LogP contribution in [0.1, 0.15) is 18.9 Å². The Morgan fingerprint density at radius 2 is 2.12 bits per heavy atom. The first kappa shape index (κ1) is 9.73. The Hall–Kier alpha value is -1.48. The summed E-state index contributed by atoms with van der Waals surface area (Å²) in [5, 5.41) is 1.88. The lowest BCUT2D eigenvalue weighted by Crippen LogP contribution is -2.22. The van der Waals surface area contributed by atoms with Gasteiger partial charge in [-0.3, -0.25) is 9.36 Å². The Bertz CT molecular complexity index is 629. The number of benzene rings is 1. The average Bonchev–Trinajstić information content (AvgIpc) is 3.01. The summed E-state index contributed by atoms with van der Waals surface area (Å²) in [5.41, 5.74) is 5.83. The number of nitrogen functional groups attached to an aromatic ring is 1. The molecule has 0 bridgehead atoms. The second-order valence-corrected chi connectivity index (χ2v) is 4.59. The number of nitrogens with zero attached hydrogens (tertiary/aromatic N) is 1. The molecule has 16 heavy (non-hydrogen) atoms. The molecule has 0 unspecified atom stereocenters. The van der Waals surface area contributed by atoms with Crippen LogP contribution in [-0.4, -0.2) is 4.57 Å². The van der Waals surface area contributed by atoms with Crippen molar-refractivity contribution in [1.29, 1.82) is 0 Å². The van der Waals surface area contributed by atoms with Crippen molar-refractivity contribution in [2.45, 2.75) is 18.9 Å². The van der Waals surface area contributed by atoms with Crippen molar-refractivity contribution in [3.63, 3.8) is 0 Å². The predicted molar refractivity (Wildman–Crippen MR) is 65.9 cm³/mol. The van der Waals surface area contributed by atoms with Gasteiger partial charge in [-0.2, -0.15) is 0 Å². The van der Waals surface area contributed by atoms with Crippen LogP contribution in [0, 0.1) is 0 Å². The van der Waals surface area contributed by atoms with Crippen LogP contribution < -0.4 is 11.3 Å². The maximum absolute atomic E-state index is 12.3. The molecule has 1 aromatic carbocycles. The third kappa shape index (κ3) is 1.32. The van der Waals surface area contributed by atoms with Gasteiger partial charge in [-0.1, -0.05) is 23.7 Å². The molecule has 1 aromatic heterocycles. The molecule has 0 spiro atoms. The maximum atomic E-state index is 12.3. The summed E-state index contributed by atoms with van der Waals surface area (Å²) < 4.78 is 1.66. The summed E-state index contributed by atoms with van der Waals surface area (Å²) in [4.78, 5) is 12.3. The maximum Gasteiger partial charge on any atom is 0.261 e. The Labute approximate surface area is 97.4 Å². The van der Waals surface area contributed by atoms with E-state index in [1.807, 2.05) is 18.2 Å². The smallest absolute Gasteiger partial charge is 0.261 e. The number of hydrogen-bond donors (Lipinski definition) is 1. The molecule has 1 fully saturated rings. The lowest BCUT2D eigenvalue weighted by Gasteiger charge is -2.10. The van der Waals surface area contributed by atoms with Crippen LogP contribution in [0.5, 0.6) is 0 Å². The highest BCUT2D eigenvalue weighted by Gasteiger charge is 2.27. The Morgan fingerprint density at radius 3 is 2.81 bits per heavy atom. The van der Waals surface area contributed by atoms with E-state index >= 15 is 0 Å². The SMILES string of the molecule is Nc1cc2cccc(Cl)c2c(=O)n1C1CC1. The summed E-state index contributed by atoms with van der Waals surface area (Å²) >= 11 is 6.06. The first-order valence-corrected chi connectivity index (χ1v) is 5.65. The van der Waals surface area contributed by atoms with Crippen molar-refractivity contribution >= 4 is 28.2 Å². The van der Waals surface area contributed by atoms with Crippen molar-refractivity contribution in [3.05, 3.63) is 39.6 Å². The van der Waals surface area contributed by atoms with Gasteiger partial charge in [0.1, 0.15) is 5.82 Å². The third-order valence-electron chi connectivity index (χ3n) is 2.97. The molecule has 1 heterocycles. The number of fused-ring (bicyclic) bond motifs is 1. The fraction of sp³-hybridized carbons (Fsp3) is 0.250. The number of hydrogen-bond acceptors (Lipinski definition) is 2. The van der Waals surface area contributed by atoms with E-state index in [1.165, 1.54) is 0 Å². The molecule has 0 aliphatic heterocycles. The fourth-order valence-corrected chi connectivity index (χ4v) is 2.33. The van der Waals surface area contributed by atoms with Crippen molar-refractivity contribution in [3.8, 4) is 0 Å². The van der Waals surface area contributed by atoms with Gasteiger partial charge in [0.15, 0.2) is 0 Å². The van der Waals surface area contributed by atoms with E-state index in [4.69, 9.17) is 17.3 Å². The zero-order chi connectivity index (χ0) is 11.3. The first-order valence-electron chi connectivity index (χ1n) is 5.28. The van der Waals surface area contributed by atoms with Gasteiger partial charge in [0, 0.05) is 6.04 Å². The van der Waals surface area contributed by atoms with Crippen molar-refractivity contribution in [2.24, 2.45) is 0 Å². The number of rotatable bonds is 1. The molecule has 0 saturated heterocycles. The molecule has 0 atom stereocenters. The molecule has 1 saturated carbocycles. The van der Waals surface area contributed by atoms with Crippen LogP contribution in [0.25, 0.3) is 10.8 Å². The molecule has 2 aromatic rings. The highest BCUT2D eigenvalue weighted by atomic mass is 35.5. The number of nitrogens with two attached hydrogens (primary N) is 1. The topological polar surface area (TPSA) is 48.0 Å². The van der Waals surface area contributed by atoms with Gasteiger partial charge in [-0.25, -0.2) is 0 Å². The normalized spacial score (nSPS) is 15.6. The van der Waals surface area contributed by atoms with Crippen LogP contribution in [0.2, 0.25) is 5.02 Å². The van der Waals surface area contributed by atoms with Crippen LogP contribution in [0.3, 0.4) is 0 Å². The van der Waals surface area contributed by atoms with E-state index < -0.39 is 0 Å². The number of halogens is 1. The van der Waals surface area contributed by atoms with E-state index in [-0.39, 0.29) is 11.6 Å². The second kappa shape index (κ2) is 3.25. The zero-order valence-corrected chi connectivity index (χ0v) is 9.37. The molecular formula is C12H11ClN2O. The Kier molecular flexibility index (Phi) is 1.98. The standard InChI is InChI=1S/C12H11ClN2O/c13-9-3-1-2-7-6-10(14)15(8-4-5-8)12(16)11(7)9/h1-3,6,8H,4-5,14H2. The molecule has 82 valence electrons. The van der Waals surface area contributed by atoms with E-state index in [1.54, 1.807) is 10.6 Å². The minimum absolute atomic E-state index is 0.0666. The van der Waals surface area contributed by atoms with Crippen LogP contribution >= 0.6 is 11.6 Å². The van der Waals surface area contributed by atoms with Gasteiger partial charge in [0.05, 0.1) is 10.4 Å². The van der Waals surface area contributed by atoms with Crippen LogP contribution in [0.4, 0.5) is 5.82 Å². The molecule has 0 amide bonds. The Morgan fingerprint density at radius 1 is 1.38 bits per heavy atom. The minimum atomic E-state index is -0.0666. The van der Waals surface area contributed by atoms with Gasteiger partial charge >= 0.3 is 0 Å². The minimum Gasteiger partial charge on any atom is -0.385 e. The molecule has 3 nitrogen and oxygen atoms in total. The molecule has 3 rings (SSSR count). The van der Waals surface area contributed by atoms with E-state index in [2.05, 4.69) is 0 Å². The average molecular weight is 235 g/mol. The highest BCUT2D eigenvalue weighted by molar-refractivity contribution is 6.35. The second-order valence-electron chi connectivity index (χ2n) is 4.18. The summed E-state index contributed by atoms with van der Waals surface area (Å²) in [6.45, 7) is 0. The van der Waals surface area contributed by atoms with Gasteiger partial charge in [-0.15, -0.1) is 0 Å². The molecule has 2 N–H and O–H groups in total. The molecule has 1 aliphatic rings. The van der Waals surface area contributed by atoms with E-state index in [9.17, 15) is 4.79 Å². The number of aromatic nitrogens is 1. The lowest BCUT2D eigenvalue weighted by molar-refractivity contribution is 0.726. The monoisotopic (exact) mass is 234 g/mol. The molecular weight excluding hydrogens is 224 g/mol. The Balaban J connectivity index is 2.45. The molecule has 4 heteroatoms. The van der Waals surface area contributed by atoms with Crippen LogP contribution in [0.15, 0.2) is 29.1 Å². The van der Waals surface area contributed by atoms with Crippen molar-refractivity contribution in [2.75, 3.05) is 5.73 Å².